The van der Waals surface area contributed by atoms with Gasteiger partial charge < -0.3 is 10.1 Å². The Morgan fingerprint density at radius 1 is 0.963 bits per heavy atom. The Morgan fingerprint density at radius 3 is 2.33 bits per heavy atom. The number of nitrogens with one attached hydrogen (secondary N) is 1. The molecule has 0 unspecified atom stereocenters. The van der Waals surface area contributed by atoms with E-state index in [0.717, 1.165) is 26.4 Å². The molecule has 138 valence electrons. The highest BCUT2D eigenvalue weighted by atomic mass is 79.9. The monoisotopic (exact) mass is 425 g/mol. The number of benzene rings is 3. The van der Waals surface area contributed by atoms with Crippen LogP contribution in [0.5, 0.6) is 0 Å². The van der Waals surface area contributed by atoms with E-state index in [1.54, 1.807) is 0 Å². The third-order valence-electron chi connectivity index (χ3n) is 4.35. The van der Waals surface area contributed by atoms with Crippen molar-refractivity contribution in [1.82, 2.24) is 5.32 Å². The summed E-state index contributed by atoms with van der Waals surface area (Å²) >= 11 is 3.39. The molecule has 0 saturated heterocycles. The number of hydrogen-bond acceptors (Lipinski definition) is 3. The average molecular weight is 426 g/mol. The molecule has 3 rings (SSSR count). The summed E-state index contributed by atoms with van der Waals surface area (Å²) in [6.45, 7) is 0. The second kappa shape index (κ2) is 8.82. The van der Waals surface area contributed by atoms with Crippen LogP contribution in [-0.2, 0) is 27.2 Å². The van der Waals surface area contributed by atoms with Gasteiger partial charge in [-0.15, -0.1) is 0 Å². The van der Waals surface area contributed by atoms with Gasteiger partial charge in [0, 0.05) is 10.9 Å². The van der Waals surface area contributed by atoms with E-state index >= 15 is 0 Å². The number of fused-ring (bicyclic) bond motifs is 1. The van der Waals surface area contributed by atoms with Crippen LogP contribution < -0.4 is 5.32 Å². The molecule has 3 aromatic rings. The lowest BCUT2D eigenvalue weighted by Gasteiger charge is -2.17. The summed E-state index contributed by atoms with van der Waals surface area (Å²) < 4.78 is 5.81. The van der Waals surface area contributed by atoms with Crippen LogP contribution in [0.25, 0.3) is 10.8 Å². The fraction of sp³-hybridized carbons (Fsp3) is 0.182. The molecule has 0 bridgehead atoms. The molecule has 0 fully saturated rings. The number of carbonyl (C=O) groups excluding carboxylic acids is 2. The van der Waals surface area contributed by atoms with Gasteiger partial charge in [-0.1, -0.05) is 70.5 Å². The molecule has 0 spiro atoms. The number of methoxy groups -OCH3 is 1. The van der Waals surface area contributed by atoms with Crippen LogP contribution in [0.3, 0.4) is 0 Å². The minimum atomic E-state index is -0.718. The Kier molecular flexibility index (Phi) is 6.24. The summed E-state index contributed by atoms with van der Waals surface area (Å²) in [5.41, 5.74) is 1.85. The van der Waals surface area contributed by atoms with Crippen LogP contribution in [0, 0.1) is 0 Å². The van der Waals surface area contributed by atoms with Gasteiger partial charge in [-0.25, -0.2) is 4.79 Å². The van der Waals surface area contributed by atoms with Crippen molar-refractivity contribution in [3.05, 3.63) is 82.3 Å². The van der Waals surface area contributed by atoms with Crippen molar-refractivity contribution in [2.45, 2.75) is 18.9 Å². The largest absolute Gasteiger partial charge is 0.467 e. The minimum Gasteiger partial charge on any atom is -0.467 e. The van der Waals surface area contributed by atoms with E-state index < -0.39 is 12.0 Å². The number of esters is 1. The number of rotatable bonds is 6. The first-order valence-corrected chi connectivity index (χ1v) is 9.44. The standard InChI is InChI=1S/C22H20BrNO3/c1-27-22(26)20(13-15-7-10-19(23)11-8-15)24-21(25)14-16-6-9-17-4-2-3-5-18(17)12-16/h2-12,20H,13-14H2,1H3,(H,24,25)/t20-/m1/s1. The predicted octanol–water partition coefficient (Wildman–Crippen LogP) is 4.05. The lowest BCUT2D eigenvalue weighted by atomic mass is 10.0. The second-order valence-corrected chi connectivity index (χ2v) is 7.25. The Labute approximate surface area is 166 Å². The molecule has 0 aliphatic rings. The first-order chi connectivity index (χ1) is 13.0. The molecule has 1 atom stereocenters. The fourth-order valence-corrected chi connectivity index (χ4v) is 3.24. The van der Waals surface area contributed by atoms with Crippen molar-refractivity contribution in [2.24, 2.45) is 0 Å². The third kappa shape index (κ3) is 5.17. The molecule has 4 nitrogen and oxygen atoms in total. The van der Waals surface area contributed by atoms with E-state index in [4.69, 9.17) is 4.74 Å². The van der Waals surface area contributed by atoms with Gasteiger partial charge in [-0.2, -0.15) is 0 Å². The van der Waals surface area contributed by atoms with Crippen molar-refractivity contribution < 1.29 is 14.3 Å². The van der Waals surface area contributed by atoms with E-state index in [9.17, 15) is 9.59 Å². The van der Waals surface area contributed by atoms with Crippen LogP contribution in [0.1, 0.15) is 11.1 Å². The molecule has 0 aliphatic heterocycles. The van der Waals surface area contributed by atoms with Crippen molar-refractivity contribution in [3.8, 4) is 0 Å². The molecular formula is C22H20BrNO3. The molecule has 0 saturated carbocycles. The summed E-state index contributed by atoms with van der Waals surface area (Å²) in [5, 5.41) is 5.02. The van der Waals surface area contributed by atoms with Crippen molar-refractivity contribution in [2.75, 3.05) is 7.11 Å². The molecule has 0 aliphatic carbocycles. The first kappa shape index (κ1) is 19.1. The topological polar surface area (TPSA) is 55.4 Å². The van der Waals surface area contributed by atoms with Crippen molar-refractivity contribution >= 4 is 38.6 Å². The van der Waals surface area contributed by atoms with Crippen LogP contribution in [0.15, 0.2) is 71.2 Å². The summed E-state index contributed by atoms with van der Waals surface area (Å²) in [6.07, 6.45) is 0.585. The molecule has 1 amide bonds. The molecular weight excluding hydrogens is 406 g/mol. The van der Waals surface area contributed by atoms with Gasteiger partial charge >= 0.3 is 5.97 Å². The smallest absolute Gasteiger partial charge is 0.328 e. The minimum absolute atomic E-state index is 0.207. The molecule has 3 aromatic carbocycles. The number of carbonyl (C=O) groups is 2. The van der Waals surface area contributed by atoms with Gasteiger partial charge in [-0.3, -0.25) is 4.79 Å². The summed E-state index contributed by atoms with van der Waals surface area (Å²) in [4.78, 5) is 24.6. The highest BCUT2D eigenvalue weighted by Gasteiger charge is 2.22. The lowest BCUT2D eigenvalue weighted by Crippen LogP contribution is -2.43. The number of ether oxygens (including phenoxy) is 1. The predicted molar refractivity (Wildman–Crippen MR) is 109 cm³/mol. The zero-order valence-corrected chi connectivity index (χ0v) is 16.5. The molecule has 27 heavy (non-hydrogen) atoms. The maximum atomic E-state index is 12.5. The van der Waals surface area contributed by atoms with Gasteiger partial charge in [-0.05, 0) is 34.0 Å². The Morgan fingerprint density at radius 2 is 1.63 bits per heavy atom. The zero-order valence-electron chi connectivity index (χ0n) is 14.9. The second-order valence-electron chi connectivity index (χ2n) is 6.33. The SMILES string of the molecule is COC(=O)[C@@H](Cc1ccc(Br)cc1)NC(=O)Cc1ccc2ccccc2c1. The molecule has 0 aromatic heterocycles. The van der Waals surface area contributed by atoms with Gasteiger partial charge in [0.15, 0.2) is 0 Å². The summed E-state index contributed by atoms with van der Waals surface area (Å²) in [5.74, 6) is -0.664. The van der Waals surface area contributed by atoms with Gasteiger partial charge in [0.25, 0.3) is 0 Å². The Bertz CT molecular complexity index is 953. The van der Waals surface area contributed by atoms with Gasteiger partial charge in [0.1, 0.15) is 6.04 Å². The van der Waals surface area contributed by atoms with E-state index in [1.165, 1.54) is 7.11 Å². The van der Waals surface area contributed by atoms with Crippen molar-refractivity contribution in [3.63, 3.8) is 0 Å². The number of hydrogen-bond donors (Lipinski definition) is 1. The average Bonchev–Trinajstić information content (AvgIpc) is 2.68. The molecule has 0 heterocycles. The maximum Gasteiger partial charge on any atom is 0.328 e. The van der Waals surface area contributed by atoms with E-state index in [-0.39, 0.29) is 12.3 Å². The summed E-state index contributed by atoms with van der Waals surface area (Å²) in [6, 6.07) is 20.8. The van der Waals surface area contributed by atoms with Crippen LogP contribution in [0.2, 0.25) is 0 Å². The Hall–Kier alpha value is -2.66. The third-order valence-corrected chi connectivity index (χ3v) is 4.88. The van der Waals surface area contributed by atoms with Crippen LogP contribution in [0.4, 0.5) is 0 Å². The lowest BCUT2D eigenvalue weighted by molar-refractivity contribution is -0.145. The van der Waals surface area contributed by atoms with Gasteiger partial charge in [0.05, 0.1) is 13.5 Å². The number of halogens is 1. The Balaban J connectivity index is 1.69. The quantitative estimate of drug-likeness (QED) is 0.606. The summed E-state index contributed by atoms with van der Waals surface area (Å²) in [7, 11) is 1.33. The number of amides is 1. The highest BCUT2D eigenvalue weighted by molar-refractivity contribution is 9.10. The molecule has 1 N–H and O–H groups in total. The van der Waals surface area contributed by atoms with Crippen LogP contribution in [-0.4, -0.2) is 25.0 Å². The van der Waals surface area contributed by atoms with Gasteiger partial charge in [0.2, 0.25) is 5.91 Å². The van der Waals surface area contributed by atoms with Crippen molar-refractivity contribution in [1.29, 1.82) is 0 Å². The maximum absolute atomic E-state index is 12.5. The highest BCUT2D eigenvalue weighted by Crippen LogP contribution is 2.16. The van der Waals surface area contributed by atoms with E-state index in [0.29, 0.717) is 6.42 Å². The molecule has 5 heteroatoms. The first-order valence-electron chi connectivity index (χ1n) is 8.64. The van der Waals surface area contributed by atoms with E-state index in [2.05, 4.69) is 21.2 Å². The zero-order chi connectivity index (χ0) is 19.2. The normalized spacial score (nSPS) is 11.8. The molecule has 0 radical (unpaired) electrons. The van der Waals surface area contributed by atoms with E-state index in [1.807, 2.05) is 66.7 Å². The fourth-order valence-electron chi connectivity index (χ4n) is 2.97. The van der Waals surface area contributed by atoms with Crippen LogP contribution >= 0.6 is 15.9 Å².